The Morgan fingerprint density at radius 3 is 2.40 bits per heavy atom. The molecule has 0 aromatic heterocycles. The third-order valence-electron chi connectivity index (χ3n) is 5.52. The van der Waals surface area contributed by atoms with E-state index in [4.69, 9.17) is 14.5 Å². The molecule has 1 rings (SSSR count). The van der Waals surface area contributed by atoms with Crippen LogP contribution < -0.4 is 20.1 Å². The topological polar surface area (TPSA) is 75.1 Å². The maximum absolute atomic E-state index is 9.40. The van der Waals surface area contributed by atoms with Crippen LogP contribution in [0.3, 0.4) is 0 Å². The van der Waals surface area contributed by atoms with Gasteiger partial charge in [0, 0.05) is 26.2 Å². The molecular weight excluding hydrogens is 493 g/mol. The second-order valence-electron chi connectivity index (χ2n) is 7.32. The number of hydrogen-bond acceptors (Lipinski definition) is 4. The first-order valence-electron chi connectivity index (χ1n) is 11.0. The van der Waals surface area contributed by atoms with E-state index in [2.05, 4.69) is 43.5 Å². The zero-order chi connectivity index (χ0) is 21.5. The van der Waals surface area contributed by atoms with Crippen molar-refractivity contribution in [1.29, 1.82) is 0 Å². The molecule has 0 radical (unpaired) electrons. The molecule has 0 heterocycles. The molecule has 174 valence electrons. The van der Waals surface area contributed by atoms with Crippen LogP contribution in [0.4, 0.5) is 0 Å². The standard InChI is InChI=1S/C23H41N3O3.HI/c1-6-23(7-2,14-16-27)18-26-22(24-8-3)25-15-10-11-19-12-13-20(28-5)21(17-19)29-9-4;/h12-13,17,27H,6-11,14-16,18H2,1-5H3,(H2,24,25,26);1H. The molecule has 0 aliphatic heterocycles. The monoisotopic (exact) mass is 535 g/mol. The second-order valence-corrected chi connectivity index (χ2v) is 7.32. The van der Waals surface area contributed by atoms with Crippen molar-refractivity contribution in [3.63, 3.8) is 0 Å². The molecule has 0 atom stereocenters. The maximum Gasteiger partial charge on any atom is 0.191 e. The van der Waals surface area contributed by atoms with E-state index in [9.17, 15) is 5.11 Å². The maximum atomic E-state index is 9.40. The fourth-order valence-corrected chi connectivity index (χ4v) is 3.38. The van der Waals surface area contributed by atoms with Crippen LogP contribution in [0.5, 0.6) is 11.5 Å². The summed E-state index contributed by atoms with van der Waals surface area (Å²) in [5, 5.41) is 16.2. The molecule has 30 heavy (non-hydrogen) atoms. The molecule has 0 unspecified atom stereocenters. The van der Waals surface area contributed by atoms with Gasteiger partial charge in [0.25, 0.3) is 0 Å². The van der Waals surface area contributed by atoms with Crippen LogP contribution in [-0.4, -0.2) is 51.0 Å². The van der Waals surface area contributed by atoms with Crippen molar-refractivity contribution in [2.24, 2.45) is 10.4 Å². The van der Waals surface area contributed by atoms with Crippen LogP contribution in [0.15, 0.2) is 23.2 Å². The number of aliphatic hydroxyl groups excluding tert-OH is 1. The third-order valence-corrected chi connectivity index (χ3v) is 5.52. The van der Waals surface area contributed by atoms with Crippen LogP contribution in [0.1, 0.15) is 58.9 Å². The summed E-state index contributed by atoms with van der Waals surface area (Å²) in [6, 6.07) is 6.12. The number of guanidine groups is 1. The molecule has 0 spiro atoms. The Hall–Kier alpha value is -1.22. The van der Waals surface area contributed by atoms with Crippen LogP contribution in [0.25, 0.3) is 0 Å². The molecule has 0 amide bonds. The summed E-state index contributed by atoms with van der Waals surface area (Å²) < 4.78 is 11.0. The van der Waals surface area contributed by atoms with Crippen LogP contribution in [-0.2, 0) is 6.42 Å². The smallest absolute Gasteiger partial charge is 0.191 e. The van der Waals surface area contributed by atoms with Gasteiger partial charge in [-0.15, -0.1) is 24.0 Å². The van der Waals surface area contributed by atoms with Crippen molar-refractivity contribution >= 4 is 29.9 Å². The lowest BCUT2D eigenvalue weighted by molar-refractivity contribution is 0.175. The van der Waals surface area contributed by atoms with Crippen molar-refractivity contribution in [1.82, 2.24) is 10.6 Å². The molecule has 0 aliphatic carbocycles. The summed E-state index contributed by atoms with van der Waals surface area (Å²) in [6.07, 6.45) is 4.78. The van der Waals surface area contributed by atoms with Gasteiger partial charge in [0.1, 0.15) is 0 Å². The molecule has 1 aromatic rings. The average Bonchev–Trinajstić information content (AvgIpc) is 2.74. The van der Waals surface area contributed by atoms with Gasteiger partial charge in [-0.2, -0.15) is 0 Å². The highest BCUT2D eigenvalue weighted by Gasteiger charge is 2.25. The number of hydrogen-bond donors (Lipinski definition) is 3. The number of aryl methyl sites for hydroxylation is 1. The minimum atomic E-state index is 0. The van der Waals surface area contributed by atoms with Crippen molar-refractivity contribution in [2.75, 3.05) is 40.0 Å². The summed E-state index contributed by atoms with van der Waals surface area (Å²) in [4.78, 5) is 4.80. The fourth-order valence-electron chi connectivity index (χ4n) is 3.38. The predicted molar refractivity (Wildman–Crippen MR) is 137 cm³/mol. The summed E-state index contributed by atoms with van der Waals surface area (Å²) in [5.74, 6) is 2.42. The van der Waals surface area contributed by atoms with Gasteiger partial charge in [-0.3, -0.25) is 4.99 Å². The highest BCUT2D eigenvalue weighted by atomic mass is 127. The van der Waals surface area contributed by atoms with E-state index in [1.807, 2.05) is 13.0 Å². The molecule has 0 bridgehead atoms. The second kappa shape index (κ2) is 16.5. The van der Waals surface area contributed by atoms with Gasteiger partial charge in [0.05, 0.1) is 13.7 Å². The van der Waals surface area contributed by atoms with Gasteiger partial charge in [-0.1, -0.05) is 19.9 Å². The number of nitrogens with one attached hydrogen (secondary N) is 2. The Morgan fingerprint density at radius 2 is 1.83 bits per heavy atom. The average molecular weight is 536 g/mol. The van der Waals surface area contributed by atoms with E-state index in [1.54, 1.807) is 7.11 Å². The van der Waals surface area contributed by atoms with Crippen molar-refractivity contribution in [3.05, 3.63) is 23.8 Å². The molecular formula is C23H42IN3O3. The quantitative estimate of drug-likeness (QED) is 0.143. The number of aliphatic hydroxyl groups is 1. The fraction of sp³-hybridized carbons (Fsp3) is 0.696. The molecule has 0 saturated carbocycles. The van der Waals surface area contributed by atoms with Gasteiger partial charge in [0.15, 0.2) is 17.5 Å². The van der Waals surface area contributed by atoms with Gasteiger partial charge in [0.2, 0.25) is 0 Å². The number of rotatable bonds is 14. The highest BCUT2D eigenvalue weighted by molar-refractivity contribution is 14.0. The zero-order valence-electron chi connectivity index (χ0n) is 19.4. The normalized spacial score (nSPS) is 11.6. The molecule has 0 fully saturated rings. The first-order chi connectivity index (χ1) is 14.1. The van der Waals surface area contributed by atoms with E-state index in [-0.39, 0.29) is 36.0 Å². The number of benzene rings is 1. The lowest BCUT2D eigenvalue weighted by atomic mass is 9.79. The molecule has 0 saturated heterocycles. The summed E-state index contributed by atoms with van der Waals surface area (Å²) in [5.41, 5.74) is 1.31. The number of ether oxygens (including phenoxy) is 2. The first-order valence-corrected chi connectivity index (χ1v) is 11.0. The van der Waals surface area contributed by atoms with Crippen molar-refractivity contribution in [2.45, 2.75) is 59.8 Å². The molecule has 7 heteroatoms. The Kier molecular flexibility index (Phi) is 15.8. The Balaban J connectivity index is 0.00000841. The van der Waals surface area contributed by atoms with Crippen LogP contribution in [0, 0.1) is 5.41 Å². The van der Waals surface area contributed by atoms with E-state index >= 15 is 0 Å². The van der Waals surface area contributed by atoms with Crippen LogP contribution >= 0.6 is 24.0 Å². The summed E-state index contributed by atoms with van der Waals surface area (Å²) in [7, 11) is 1.66. The minimum absolute atomic E-state index is 0. The summed E-state index contributed by atoms with van der Waals surface area (Å²) >= 11 is 0. The van der Waals surface area contributed by atoms with Gasteiger partial charge < -0.3 is 25.2 Å². The Bertz CT molecular complexity index is 607. The number of nitrogens with zero attached hydrogens (tertiary/aromatic N) is 1. The summed E-state index contributed by atoms with van der Waals surface area (Å²) in [6.45, 7) is 11.6. The number of aliphatic imine (C=N–C) groups is 1. The minimum Gasteiger partial charge on any atom is -0.493 e. The van der Waals surface area contributed by atoms with Gasteiger partial charge >= 0.3 is 0 Å². The van der Waals surface area contributed by atoms with Crippen molar-refractivity contribution in [3.8, 4) is 11.5 Å². The van der Waals surface area contributed by atoms with E-state index in [1.165, 1.54) is 5.56 Å². The Morgan fingerprint density at radius 1 is 1.10 bits per heavy atom. The number of methoxy groups -OCH3 is 1. The number of halogens is 1. The van der Waals surface area contributed by atoms with E-state index in [0.29, 0.717) is 6.61 Å². The van der Waals surface area contributed by atoms with Gasteiger partial charge in [-0.25, -0.2) is 0 Å². The van der Waals surface area contributed by atoms with E-state index in [0.717, 1.165) is 69.2 Å². The lowest BCUT2D eigenvalue weighted by Crippen LogP contribution is -2.39. The highest BCUT2D eigenvalue weighted by Crippen LogP contribution is 2.30. The zero-order valence-corrected chi connectivity index (χ0v) is 21.8. The predicted octanol–water partition coefficient (Wildman–Crippen LogP) is 4.39. The van der Waals surface area contributed by atoms with Crippen LogP contribution in [0.2, 0.25) is 0 Å². The molecule has 3 N–H and O–H groups in total. The van der Waals surface area contributed by atoms with E-state index < -0.39 is 0 Å². The first kappa shape index (κ1) is 28.8. The molecule has 0 aliphatic rings. The molecule has 6 nitrogen and oxygen atoms in total. The van der Waals surface area contributed by atoms with Crippen molar-refractivity contribution < 1.29 is 14.6 Å². The Labute approximate surface area is 200 Å². The van der Waals surface area contributed by atoms with Gasteiger partial charge in [-0.05, 0) is 69.1 Å². The largest absolute Gasteiger partial charge is 0.493 e. The SMILES string of the molecule is CCNC(=NCC(CC)(CC)CCO)NCCCc1ccc(OC)c(OCC)c1.I. The third kappa shape index (κ3) is 9.73. The lowest BCUT2D eigenvalue weighted by Gasteiger charge is -2.29. The molecule has 1 aromatic carbocycles.